The van der Waals surface area contributed by atoms with Gasteiger partial charge < -0.3 is 9.84 Å². The molecule has 102 valence electrons. The Kier molecular flexibility index (Phi) is 3.71. The molecular formula is C15H19FN2O. The van der Waals surface area contributed by atoms with E-state index in [2.05, 4.69) is 31.2 Å². The molecular weight excluding hydrogens is 243 g/mol. The second-order valence-corrected chi connectivity index (χ2v) is 5.69. The maximum absolute atomic E-state index is 12.9. The summed E-state index contributed by atoms with van der Waals surface area (Å²) in [5, 5.41) is 7.46. The molecule has 1 N–H and O–H groups in total. The summed E-state index contributed by atoms with van der Waals surface area (Å²) in [5.74, 6) is 0.446. The van der Waals surface area contributed by atoms with Crippen LogP contribution in [0.4, 0.5) is 4.39 Å². The first kappa shape index (κ1) is 13.7. The average Bonchev–Trinajstić information content (AvgIpc) is 2.68. The number of halogens is 1. The van der Waals surface area contributed by atoms with Gasteiger partial charge in [0.2, 0.25) is 0 Å². The Balaban J connectivity index is 2.20. The van der Waals surface area contributed by atoms with E-state index in [1.165, 1.54) is 12.1 Å². The summed E-state index contributed by atoms with van der Waals surface area (Å²) in [5.41, 5.74) is 2.74. The van der Waals surface area contributed by atoms with Gasteiger partial charge in [-0.25, -0.2) is 4.39 Å². The Bertz CT molecular complexity index is 553. The molecule has 0 saturated heterocycles. The number of hydrogen-bond donors (Lipinski definition) is 1. The summed E-state index contributed by atoms with van der Waals surface area (Å²) in [6.07, 6.45) is 0. The predicted octanol–water partition coefficient (Wildman–Crippen LogP) is 3.68. The van der Waals surface area contributed by atoms with Gasteiger partial charge >= 0.3 is 0 Å². The van der Waals surface area contributed by atoms with Gasteiger partial charge in [-0.1, -0.05) is 5.16 Å². The second kappa shape index (κ2) is 5.13. The van der Waals surface area contributed by atoms with Crippen LogP contribution in [-0.2, 0) is 6.54 Å². The van der Waals surface area contributed by atoms with Gasteiger partial charge in [-0.05, 0) is 52.0 Å². The number of benzene rings is 1. The number of nitrogens with zero attached hydrogens (tertiary/aromatic N) is 1. The van der Waals surface area contributed by atoms with Crippen LogP contribution in [0.15, 0.2) is 28.8 Å². The summed E-state index contributed by atoms with van der Waals surface area (Å²) in [4.78, 5) is 0. The average molecular weight is 262 g/mol. The smallest absolute Gasteiger partial charge is 0.170 e. The highest BCUT2D eigenvalue weighted by atomic mass is 19.1. The molecule has 0 atom stereocenters. The first-order valence-corrected chi connectivity index (χ1v) is 6.33. The fraction of sp³-hybridized carbons (Fsp3) is 0.400. The zero-order valence-corrected chi connectivity index (χ0v) is 11.7. The van der Waals surface area contributed by atoms with Crippen molar-refractivity contribution < 1.29 is 8.91 Å². The third-order valence-electron chi connectivity index (χ3n) is 2.91. The van der Waals surface area contributed by atoms with Crippen molar-refractivity contribution in [3.05, 3.63) is 41.3 Å². The summed E-state index contributed by atoms with van der Waals surface area (Å²) in [6.45, 7) is 8.92. The lowest BCUT2D eigenvalue weighted by Crippen LogP contribution is -2.35. The van der Waals surface area contributed by atoms with Crippen molar-refractivity contribution in [2.24, 2.45) is 0 Å². The van der Waals surface area contributed by atoms with Crippen molar-refractivity contribution in [1.82, 2.24) is 10.5 Å². The Labute approximate surface area is 112 Å². The van der Waals surface area contributed by atoms with Crippen LogP contribution >= 0.6 is 0 Å². The fourth-order valence-electron chi connectivity index (χ4n) is 1.75. The number of hydrogen-bond acceptors (Lipinski definition) is 3. The van der Waals surface area contributed by atoms with E-state index in [1.807, 2.05) is 6.92 Å². The van der Waals surface area contributed by atoms with Crippen LogP contribution in [0, 0.1) is 12.7 Å². The number of nitrogens with one attached hydrogen (secondary N) is 1. The summed E-state index contributed by atoms with van der Waals surface area (Å²) < 4.78 is 18.3. The van der Waals surface area contributed by atoms with Crippen LogP contribution < -0.4 is 5.32 Å². The largest absolute Gasteiger partial charge is 0.356 e. The van der Waals surface area contributed by atoms with Crippen molar-refractivity contribution in [3.63, 3.8) is 0 Å². The molecule has 1 aromatic heterocycles. The van der Waals surface area contributed by atoms with Crippen molar-refractivity contribution in [1.29, 1.82) is 0 Å². The second-order valence-electron chi connectivity index (χ2n) is 5.69. The van der Waals surface area contributed by atoms with E-state index in [-0.39, 0.29) is 11.4 Å². The molecule has 2 aromatic rings. The predicted molar refractivity (Wildman–Crippen MR) is 73.2 cm³/mol. The Hall–Kier alpha value is -1.68. The Morgan fingerprint density at radius 2 is 1.84 bits per heavy atom. The molecule has 19 heavy (non-hydrogen) atoms. The molecule has 0 spiro atoms. The molecule has 0 radical (unpaired) electrons. The highest BCUT2D eigenvalue weighted by molar-refractivity contribution is 5.61. The lowest BCUT2D eigenvalue weighted by Gasteiger charge is -2.19. The molecule has 4 heteroatoms. The van der Waals surface area contributed by atoms with Crippen LogP contribution in [0.2, 0.25) is 0 Å². The van der Waals surface area contributed by atoms with Gasteiger partial charge in [-0.2, -0.15) is 0 Å². The maximum Gasteiger partial charge on any atom is 0.170 e. The molecule has 0 amide bonds. The number of aromatic nitrogens is 1. The minimum atomic E-state index is -0.254. The molecule has 3 nitrogen and oxygen atoms in total. The van der Waals surface area contributed by atoms with Gasteiger partial charge in [-0.15, -0.1) is 0 Å². The highest BCUT2D eigenvalue weighted by Gasteiger charge is 2.16. The lowest BCUT2D eigenvalue weighted by atomic mass is 10.1. The molecule has 0 fully saturated rings. The molecule has 0 aliphatic rings. The topological polar surface area (TPSA) is 38.1 Å². The maximum atomic E-state index is 12.9. The van der Waals surface area contributed by atoms with Crippen molar-refractivity contribution in [2.75, 3.05) is 0 Å². The van der Waals surface area contributed by atoms with Crippen LogP contribution in [0.3, 0.4) is 0 Å². The lowest BCUT2D eigenvalue weighted by molar-refractivity contribution is 0.392. The Morgan fingerprint density at radius 1 is 1.21 bits per heavy atom. The molecule has 1 heterocycles. The van der Waals surface area contributed by atoms with Crippen molar-refractivity contribution in [2.45, 2.75) is 39.8 Å². The SMILES string of the molecule is Cc1c(CNC(C)(C)C)noc1-c1ccc(F)cc1. The minimum Gasteiger partial charge on any atom is -0.356 e. The number of rotatable bonds is 3. The summed E-state index contributed by atoms with van der Waals surface area (Å²) >= 11 is 0. The molecule has 2 rings (SSSR count). The monoisotopic (exact) mass is 262 g/mol. The minimum absolute atomic E-state index is 0.0292. The van der Waals surface area contributed by atoms with Crippen molar-refractivity contribution >= 4 is 0 Å². The molecule has 0 aliphatic heterocycles. The Morgan fingerprint density at radius 3 is 2.42 bits per heavy atom. The first-order chi connectivity index (χ1) is 8.87. The van der Waals surface area contributed by atoms with Gasteiger partial charge in [0.05, 0.1) is 0 Å². The van der Waals surface area contributed by atoms with E-state index in [9.17, 15) is 4.39 Å². The van der Waals surface area contributed by atoms with E-state index in [0.717, 1.165) is 16.8 Å². The standard InChI is InChI=1S/C15H19FN2O/c1-10-13(9-17-15(2,3)4)18-19-14(10)11-5-7-12(16)8-6-11/h5-8,17H,9H2,1-4H3. The third-order valence-corrected chi connectivity index (χ3v) is 2.91. The van der Waals surface area contributed by atoms with Gasteiger partial charge in [0, 0.05) is 23.2 Å². The van der Waals surface area contributed by atoms with Crippen LogP contribution in [0.1, 0.15) is 32.0 Å². The van der Waals surface area contributed by atoms with Gasteiger partial charge in [-0.3, -0.25) is 0 Å². The van der Waals surface area contributed by atoms with E-state index in [0.29, 0.717) is 12.3 Å². The van der Waals surface area contributed by atoms with E-state index in [1.54, 1.807) is 12.1 Å². The molecule has 0 saturated carbocycles. The zero-order valence-electron chi connectivity index (χ0n) is 11.7. The zero-order chi connectivity index (χ0) is 14.0. The van der Waals surface area contributed by atoms with Crippen LogP contribution in [0.5, 0.6) is 0 Å². The van der Waals surface area contributed by atoms with Crippen molar-refractivity contribution in [3.8, 4) is 11.3 Å². The molecule has 0 aliphatic carbocycles. The van der Waals surface area contributed by atoms with Crippen LogP contribution in [0.25, 0.3) is 11.3 Å². The molecule has 0 bridgehead atoms. The van der Waals surface area contributed by atoms with Gasteiger partial charge in [0.1, 0.15) is 11.5 Å². The molecule has 1 aromatic carbocycles. The fourth-order valence-corrected chi connectivity index (χ4v) is 1.75. The summed E-state index contributed by atoms with van der Waals surface area (Å²) in [6, 6.07) is 6.24. The summed E-state index contributed by atoms with van der Waals surface area (Å²) in [7, 11) is 0. The van der Waals surface area contributed by atoms with E-state index >= 15 is 0 Å². The van der Waals surface area contributed by atoms with E-state index in [4.69, 9.17) is 4.52 Å². The highest BCUT2D eigenvalue weighted by Crippen LogP contribution is 2.26. The van der Waals surface area contributed by atoms with Gasteiger partial charge in [0.25, 0.3) is 0 Å². The van der Waals surface area contributed by atoms with Crippen LogP contribution in [-0.4, -0.2) is 10.7 Å². The van der Waals surface area contributed by atoms with Gasteiger partial charge in [0.15, 0.2) is 5.76 Å². The van der Waals surface area contributed by atoms with E-state index < -0.39 is 0 Å². The third kappa shape index (κ3) is 3.41. The first-order valence-electron chi connectivity index (χ1n) is 6.33. The molecule has 0 unspecified atom stereocenters. The normalized spacial score (nSPS) is 11.8. The quantitative estimate of drug-likeness (QED) is 0.917.